The Bertz CT molecular complexity index is 447. The van der Waals surface area contributed by atoms with Crippen LogP contribution in [0, 0.1) is 0 Å². The predicted molar refractivity (Wildman–Crippen MR) is 90.3 cm³/mol. The highest BCUT2D eigenvalue weighted by molar-refractivity contribution is 5.67. The Balaban J connectivity index is 1.46. The second kappa shape index (κ2) is 10.2. The summed E-state index contributed by atoms with van der Waals surface area (Å²) >= 11 is 0. The number of ether oxygens (including phenoxy) is 2. The van der Waals surface area contributed by atoms with Gasteiger partial charge in [-0.1, -0.05) is 30.3 Å². The molecule has 1 amide bonds. The monoisotopic (exact) mass is 320 g/mol. The molecule has 1 aliphatic rings. The molecule has 0 bridgehead atoms. The maximum atomic E-state index is 11.7. The zero-order chi connectivity index (χ0) is 16.3. The molecule has 2 N–H and O–H groups in total. The Morgan fingerprint density at radius 2 is 1.91 bits per heavy atom. The topological polar surface area (TPSA) is 59.6 Å². The number of carbonyl (C=O) groups is 1. The molecule has 0 heterocycles. The largest absolute Gasteiger partial charge is 0.445 e. The van der Waals surface area contributed by atoms with Crippen molar-refractivity contribution in [3.05, 3.63) is 35.9 Å². The van der Waals surface area contributed by atoms with Crippen LogP contribution in [0.2, 0.25) is 0 Å². The molecule has 5 nitrogen and oxygen atoms in total. The standard InChI is InChI=1S/C18H28N2O3/c1-22-11-7-3-6-10-19-16-12-17(13-16)20-18(21)23-14-15-8-4-2-5-9-15/h2,4-5,8-9,16-17,19H,3,6-7,10-14H2,1H3,(H,20,21). The van der Waals surface area contributed by atoms with Crippen molar-refractivity contribution >= 4 is 6.09 Å². The lowest BCUT2D eigenvalue weighted by molar-refractivity contribution is 0.125. The SMILES string of the molecule is COCCCCCNC1CC(NC(=O)OCc2ccccc2)C1. The number of unbranched alkanes of at least 4 members (excludes halogenated alkanes) is 2. The van der Waals surface area contributed by atoms with Crippen LogP contribution in [0.3, 0.4) is 0 Å². The molecular weight excluding hydrogens is 292 g/mol. The number of rotatable bonds is 10. The highest BCUT2D eigenvalue weighted by Crippen LogP contribution is 2.20. The Morgan fingerprint density at radius 3 is 2.65 bits per heavy atom. The maximum absolute atomic E-state index is 11.7. The van der Waals surface area contributed by atoms with Crippen molar-refractivity contribution in [3.8, 4) is 0 Å². The van der Waals surface area contributed by atoms with Gasteiger partial charge in [-0.15, -0.1) is 0 Å². The van der Waals surface area contributed by atoms with E-state index in [0.29, 0.717) is 12.6 Å². The van der Waals surface area contributed by atoms with E-state index in [1.165, 1.54) is 12.8 Å². The zero-order valence-electron chi connectivity index (χ0n) is 13.9. The summed E-state index contributed by atoms with van der Waals surface area (Å²) in [6.45, 7) is 2.21. The van der Waals surface area contributed by atoms with Crippen LogP contribution in [0.5, 0.6) is 0 Å². The minimum atomic E-state index is -0.322. The van der Waals surface area contributed by atoms with Crippen molar-refractivity contribution in [1.29, 1.82) is 0 Å². The molecule has 1 aliphatic carbocycles. The number of hydrogen-bond acceptors (Lipinski definition) is 4. The lowest BCUT2D eigenvalue weighted by atomic mass is 9.87. The van der Waals surface area contributed by atoms with Gasteiger partial charge in [0, 0.05) is 25.8 Å². The first-order chi connectivity index (χ1) is 11.3. The Hall–Kier alpha value is -1.59. The van der Waals surface area contributed by atoms with Gasteiger partial charge in [0.25, 0.3) is 0 Å². The van der Waals surface area contributed by atoms with Crippen LogP contribution < -0.4 is 10.6 Å². The predicted octanol–water partition coefficient (Wildman–Crippen LogP) is 2.85. The van der Waals surface area contributed by atoms with Crippen LogP contribution in [0.4, 0.5) is 4.79 Å². The van der Waals surface area contributed by atoms with Crippen LogP contribution in [0.25, 0.3) is 0 Å². The van der Waals surface area contributed by atoms with E-state index in [1.807, 2.05) is 30.3 Å². The molecule has 0 aliphatic heterocycles. The summed E-state index contributed by atoms with van der Waals surface area (Å²) in [6, 6.07) is 10.5. The smallest absolute Gasteiger partial charge is 0.407 e. The molecule has 1 fully saturated rings. The number of carbonyl (C=O) groups excluding carboxylic acids is 1. The number of amides is 1. The van der Waals surface area contributed by atoms with Gasteiger partial charge in [-0.05, 0) is 44.2 Å². The normalized spacial score (nSPS) is 19.9. The summed E-state index contributed by atoms with van der Waals surface area (Å²) in [7, 11) is 1.74. The summed E-state index contributed by atoms with van der Waals surface area (Å²) in [5.41, 5.74) is 1.00. The summed E-state index contributed by atoms with van der Waals surface area (Å²) in [6.07, 6.45) is 5.15. The maximum Gasteiger partial charge on any atom is 0.407 e. The lowest BCUT2D eigenvalue weighted by Gasteiger charge is -2.36. The van der Waals surface area contributed by atoms with Gasteiger partial charge in [-0.3, -0.25) is 0 Å². The third kappa shape index (κ3) is 7.01. The van der Waals surface area contributed by atoms with E-state index >= 15 is 0 Å². The molecule has 0 saturated heterocycles. The van der Waals surface area contributed by atoms with E-state index in [-0.39, 0.29) is 12.1 Å². The van der Waals surface area contributed by atoms with E-state index in [1.54, 1.807) is 7.11 Å². The third-order valence-electron chi connectivity index (χ3n) is 4.13. The molecule has 1 aromatic carbocycles. The fourth-order valence-electron chi connectivity index (χ4n) is 2.69. The third-order valence-corrected chi connectivity index (χ3v) is 4.13. The van der Waals surface area contributed by atoms with Crippen LogP contribution >= 0.6 is 0 Å². The molecule has 0 unspecified atom stereocenters. The Kier molecular flexibility index (Phi) is 7.90. The Morgan fingerprint density at radius 1 is 1.13 bits per heavy atom. The highest BCUT2D eigenvalue weighted by atomic mass is 16.5. The minimum Gasteiger partial charge on any atom is -0.445 e. The van der Waals surface area contributed by atoms with Crippen molar-refractivity contribution in [2.75, 3.05) is 20.3 Å². The van der Waals surface area contributed by atoms with E-state index in [4.69, 9.17) is 9.47 Å². The summed E-state index contributed by atoms with van der Waals surface area (Å²) in [5.74, 6) is 0. The van der Waals surface area contributed by atoms with Crippen LogP contribution in [-0.2, 0) is 16.1 Å². The van der Waals surface area contributed by atoms with E-state index in [0.717, 1.165) is 38.0 Å². The fraction of sp³-hybridized carbons (Fsp3) is 0.611. The number of hydrogen-bond donors (Lipinski definition) is 2. The van der Waals surface area contributed by atoms with Gasteiger partial charge in [0.2, 0.25) is 0 Å². The lowest BCUT2D eigenvalue weighted by Crippen LogP contribution is -2.52. The molecule has 1 aromatic rings. The summed E-state index contributed by atoms with van der Waals surface area (Å²) in [4.78, 5) is 11.7. The number of methoxy groups -OCH3 is 1. The fourth-order valence-corrected chi connectivity index (χ4v) is 2.69. The van der Waals surface area contributed by atoms with E-state index in [2.05, 4.69) is 10.6 Å². The number of nitrogens with one attached hydrogen (secondary N) is 2. The average molecular weight is 320 g/mol. The zero-order valence-corrected chi connectivity index (χ0v) is 13.9. The van der Waals surface area contributed by atoms with Gasteiger partial charge >= 0.3 is 6.09 Å². The van der Waals surface area contributed by atoms with E-state index < -0.39 is 0 Å². The average Bonchev–Trinajstić information content (AvgIpc) is 2.54. The van der Waals surface area contributed by atoms with Gasteiger partial charge in [0.1, 0.15) is 6.61 Å². The highest BCUT2D eigenvalue weighted by Gasteiger charge is 2.29. The number of alkyl carbamates (subject to hydrolysis) is 1. The molecule has 5 heteroatoms. The van der Waals surface area contributed by atoms with Crippen molar-refractivity contribution in [3.63, 3.8) is 0 Å². The first-order valence-electron chi connectivity index (χ1n) is 8.47. The second-order valence-corrected chi connectivity index (χ2v) is 6.08. The quantitative estimate of drug-likeness (QED) is 0.651. The first kappa shape index (κ1) is 17.8. The van der Waals surface area contributed by atoms with Gasteiger partial charge in [0.15, 0.2) is 0 Å². The van der Waals surface area contributed by atoms with Crippen LogP contribution in [0.15, 0.2) is 30.3 Å². The van der Waals surface area contributed by atoms with Crippen LogP contribution in [-0.4, -0.2) is 38.4 Å². The van der Waals surface area contributed by atoms with Crippen molar-refractivity contribution in [2.45, 2.75) is 50.8 Å². The van der Waals surface area contributed by atoms with Gasteiger partial charge in [-0.2, -0.15) is 0 Å². The van der Waals surface area contributed by atoms with Crippen molar-refractivity contribution < 1.29 is 14.3 Å². The molecule has 1 saturated carbocycles. The van der Waals surface area contributed by atoms with E-state index in [9.17, 15) is 4.79 Å². The molecule has 2 rings (SSSR count). The molecule has 0 radical (unpaired) electrons. The van der Waals surface area contributed by atoms with Crippen molar-refractivity contribution in [2.24, 2.45) is 0 Å². The number of benzene rings is 1. The summed E-state index contributed by atoms with van der Waals surface area (Å²) in [5, 5.41) is 6.44. The van der Waals surface area contributed by atoms with Gasteiger partial charge < -0.3 is 20.1 Å². The van der Waals surface area contributed by atoms with Crippen molar-refractivity contribution in [1.82, 2.24) is 10.6 Å². The second-order valence-electron chi connectivity index (χ2n) is 6.08. The molecule has 0 spiro atoms. The molecule has 0 atom stereocenters. The summed E-state index contributed by atoms with van der Waals surface area (Å²) < 4.78 is 10.3. The molecule has 128 valence electrons. The minimum absolute atomic E-state index is 0.240. The molecular formula is C18H28N2O3. The van der Waals surface area contributed by atoms with Gasteiger partial charge in [-0.25, -0.2) is 4.79 Å². The molecule has 23 heavy (non-hydrogen) atoms. The first-order valence-corrected chi connectivity index (χ1v) is 8.47. The Labute approximate surface area is 138 Å². The van der Waals surface area contributed by atoms with Gasteiger partial charge in [0.05, 0.1) is 0 Å². The molecule has 0 aromatic heterocycles. The van der Waals surface area contributed by atoms with Crippen LogP contribution in [0.1, 0.15) is 37.7 Å².